The molecule has 1 fully saturated rings. The molecular weight excluding hydrogens is 540 g/mol. The van der Waals surface area contributed by atoms with Crippen molar-refractivity contribution in [3.05, 3.63) is 92.5 Å². The first kappa shape index (κ1) is 22.2. The number of ether oxygens (including phenoxy) is 1. The number of Topliss-reactive ketones (excluding diaryl/α,β-unsaturated/α-hetero) is 1. The number of carbonyl (C=O) groups excluding carboxylic acids is 2. The summed E-state index contributed by atoms with van der Waals surface area (Å²) < 4.78 is 7.04. The first-order chi connectivity index (χ1) is 15.4. The van der Waals surface area contributed by atoms with Gasteiger partial charge < -0.3 is 9.84 Å². The van der Waals surface area contributed by atoms with Crippen LogP contribution < -0.4 is 9.64 Å². The van der Waals surface area contributed by atoms with Gasteiger partial charge in [-0.05, 0) is 76.9 Å². The van der Waals surface area contributed by atoms with Crippen LogP contribution in [0.4, 0.5) is 5.82 Å². The van der Waals surface area contributed by atoms with E-state index in [9.17, 15) is 14.7 Å². The Labute approximate surface area is 201 Å². The summed E-state index contributed by atoms with van der Waals surface area (Å²) in [5.74, 6) is -0.810. The van der Waals surface area contributed by atoms with Gasteiger partial charge in [0.2, 0.25) is 0 Å². The van der Waals surface area contributed by atoms with Crippen molar-refractivity contribution in [2.45, 2.75) is 13.0 Å². The lowest BCUT2D eigenvalue weighted by Crippen LogP contribution is -2.30. The lowest BCUT2D eigenvalue weighted by Gasteiger charge is -2.24. The van der Waals surface area contributed by atoms with Crippen LogP contribution in [0.3, 0.4) is 0 Å². The molecule has 0 spiro atoms. The Morgan fingerprint density at radius 1 is 1.00 bits per heavy atom. The van der Waals surface area contributed by atoms with Crippen molar-refractivity contribution in [1.82, 2.24) is 4.98 Å². The second-order valence-electron chi connectivity index (χ2n) is 7.01. The van der Waals surface area contributed by atoms with E-state index in [2.05, 4.69) is 36.8 Å². The van der Waals surface area contributed by atoms with Crippen molar-refractivity contribution in [2.24, 2.45) is 0 Å². The largest absolute Gasteiger partial charge is 0.507 e. The lowest BCUT2D eigenvalue weighted by molar-refractivity contribution is -0.132. The van der Waals surface area contributed by atoms with Gasteiger partial charge in [0.15, 0.2) is 0 Å². The molecule has 0 radical (unpaired) electrons. The van der Waals surface area contributed by atoms with Gasteiger partial charge in [0, 0.05) is 20.7 Å². The molecule has 1 saturated heterocycles. The van der Waals surface area contributed by atoms with Crippen molar-refractivity contribution in [3.63, 3.8) is 0 Å². The molecule has 2 heterocycles. The van der Waals surface area contributed by atoms with E-state index in [0.29, 0.717) is 29.3 Å². The highest BCUT2D eigenvalue weighted by molar-refractivity contribution is 9.10. The molecular formula is C24H18Br2N2O4. The predicted molar refractivity (Wildman–Crippen MR) is 128 cm³/mol. The second kappa shape index (κ2) is 9.26. The van der Waals surface area contributed by atoms with Crippen LogP contribution >= 0.6 is 31.9 Å². The second-order valence-corrected chi connectivity index (χ2v) is 8.84. The molecule has 1 aromatic heterocycles. The monoisotopic (exact) mass is 556 g/mol. The molecule has 1 atom stereocenters. The molecule has 0 saturated carbocycles. The van der Waals surface area contributed by atoms with Gasteiger partial charge in [-0.1, -0.05) is 28.1 Å². The number of pyridine rings is 1. The van der Waals surface area contributed by atoms with Gasteiger partial charge in [-0.2, -0.15) is 0 Å². The van der Waals surface area contributed by atoms with Crippen LogP contribution in [0.2, 0.25) is 0 Å². The Kier molecular flexibility index (Phi) is 6.43. The summed E-state index contributed by atoms with van der Waals surface area (Å²) >= 11 is 6.74. The quantitative estimate of drug-likeness (QED) is 0.250. The maximum atomic E-state index is 13.1. The third-order valence-electron chi connectivity index (χ3n) is 5.03. The molecule has 8 heteroatoms. The molecule has 4 rings (SSSR count). The number of anilines is 1. The number of hydrogen-bond acceptors (Lipinski definition) is 5. The number of hydrogen-bond donors (Lipinski definition) is 1. The molecule has 1 amide bonds. The van der Waals surface area contributed by atoms with E-state index < -0.39 is 17.7 Å². The summed E-state index contributed by atoms with van der Waals surface area (Å²) in [7, 11) is 0. The summed E-state index contributed by atoms with van der Waals surface area (Å²) in [5.41, 5.74) is 1.09. The smallest absolute Gasteiger partial charge is 0.301 e. The first-order valence-corrected chi connectivity index (χ1v) is 11.4. The third kappa shape index (κ3) is 4.20. The summed E-state index contributed by atoms with van der Waals surface area (Å²) in [6.45, 7) is 2.39. The summed E-state index contributed by atoms with van der Waals surface area (Å²) in [6.07, 6.45) is 1.56. The molecule has 32 heavy (non-hydrogen) atoms. The summed E-state index contributed by atoms with van der Waals surface area (Å²) in [5, 5.41) is 11.1. The van der Waals surface area contributed by atoms with Gasteiger partial charge in [-0.3, -0.25) is 14.5 Å². The number of amides is 1. The van der Waals surface area contributed by atoms with E-state index in [4.69, 9.17) is 4.74 Å². The highest BCUT2D eigenvalue weighted by Gasteiger charge is 2.47. The fourth-order valence-corrected chi connectivity index (χ4v) is 4.07. The van der Waals surface area contributed by atoms with E-state index in [1.807, 2.05) is 19.1 Å². The maximum absolute atomic E-state index is 13.1. The fraction of sp³-hybridized carbons (Fsp3) is 0.125. The number of rotatable bonds is 5. The van der Waals surface area contributed by atoms with Crippen molar-refractivity contribution < 1.29 is 19.4 Å². The Bertz CT molecular complexity index is 1190. The zero-order chi connectivity index (χ0) is 22.8. The normalized spacial score (nSPS) is 17.6. The van der Waals surface area contributed by atoms with Crippen molar-refractivity contribution >= 4 is 55.1 Å². The van der Waals surface area contributed by atoms with E-state index >= 15 is 0 Å². The van der Waals surface area contributed by atoms with Crippen molar-refractivity contribution in [1.29, 1.82) is 0 Å². The number of aliphatic hydroxyl groups is 1. The van der Waals surface area contributed by atoms with Gasteiger partial charge in [0.05, 0.1) is 18.2 Å². The summed E-state index contributed by atoms with van der Waals surface area (Å²) in [4.78, 5) is 31.8. The van der Waals surface area contributed by atoms with Gasteiger partial charge in [0.25, 0.3) is 5.78 Å². The number of ketones is 1. The average Bonchev–Trinajstić information content (AvgIpc) is 3.06. The maximum Gasteiger partial charge on any atom is 0.301 e. The van der Waals surface area contributed by atoms with Crippen LogP contribution in [0.25, 0.3) is 5.76 Å². The highest BCUT2D eigenvalue weighted by atomic mass is 79.9. The number of carbonyl (C=O) groups is 2. The van der Waals surface area contributed by atoms with Gasteiger partial charge >= 0.3 is 5.91 Å². The minimum atomic E-state index is -0.830. The first-order valence-electron chi connectivity index (χ1n) is 9.82. The number of aromatic nitrogens is 1. The molecule has 3 aromatic rings. The molecule has 6 nitrogen and oxygen atoms in total. The molecule has 0 aliphatic carbocycles. The molecule has 1 aliphatic heterocycles. The van der Waals surface area contributed by atoms with Crippen LogP contribution in [0.5, 0.6) is 5.75 Å². The molecule has 0 bridgehead atoms. The van der Waals surface area contributed by atoms with Crippen LogP contribution in [-0.2, 0) is 9.59 Å². The topological polar surface area (TPSA) is 79.7 Å². The number of nitrogens with zero attached hydrogens (tertiary/aromatic N) is 2. The SMILES string of the molecule is CCOc1ccc(/C(O)=C2\C(=O)C(=O)N(c3ccc(Br)cn3)[C@@H]2c2ccc(Br)cc2)cc1. The minimum absolute atomic E-state index is 0.00574. The van der Waals surface area contributed by atoms with Crippen LogP contribution in [0.1, 0.15) is 24.1 Å². The molecule has 1 N–H and O–H groups in total. The zero-order valence-electron chi connectivity index (χ0n) is 17.0. The third-order valence-corrected chi connectivity index (χ3v) is 6.03. The molecule has 162 valence electrons. The Morgan fingerprint density at radius 3 is 2.25 bits per heavy atom. The van der Waals surface area contributed by atoms with Crippen molar-refractivity contribution in [3.8, 4) is 5.75 Å². The number of halogens is 2. The Hall–Kier alpha value is -2.97. The van der Waals surface area contributed by atoms with E-state index in [-0.39, 0.29) is 11.3 Å². The standard InChI is InChI=1S/C24H18Br2N2O4/c1-2-32-18-10-5-15(6-11-18)22(29)20-21(14-3-7-16(25)8-4-14)28(24(31)23(20)30)19-12-9-17(26)13-27-19/h3-13,21,29H,2H2,1H3/b22-20+/t21-/m1/s1. The lowest BCUT2D eigenvalue weighted by atomic mass is 9.95. The minimum Gasteiger partial charge on any atom is -0.507 e. The van der Waals surface area contributed by atoms with E-state index in [1.165, 1.54) is 4.90 Å². The van der Waals surface area contributed by atoms with E-state index in [0.717, 1.165) is 8.95 Å². The van der Waals surface area contributed by atoms with Crippen LogP contribution in [-0.4, -0.2) is 28.4 Å². The number of benzene rings is 2. The van der Waals surface area contributed by atoms with E-state index in [1.54, 1.807) is 54.7 Å². The molecule has 2 aromatic carbocycles. The van der Waals surface area contributed by atoms with Crippen molar-refractivity contribution in [2.75, 3.05) is 11.5 Å². The van der Waals surface area contributed by atoms with Gasteiger partial charge in [-0.15, -0.1) is 0 Å². The highest BCUT2D eigenvalue weighted by Crippen LogP contribution is 2.42. The molecule has 1 aliphatic rings. The average molecular weight is 558 g/mol. The Morgan fingerprint density at radius 2 is 1.66 bits per heavy atom. The van der Waals surface area contributed by atoms with Gasteiger partial charge in [0.1, 0.15) is 17.3 Å². The zero-order valence-corrected chi connectivity index (χ0v) is 20.1. The van der Waals surface area contributed by atoms with Crippen LogP contribution in [0, 0.1) is 0 Å². The predicted octanol–water partition coefficient (Wildman–Crippen LogP) is 5.63. The summed E-state index contributed by atoms with van der Waals surface area (Å²) in [6, 6.07) is 16.5. The van der Waals surface area contributed by atoms with Crippen LogP contribution in [0.15, 0.2) is 81.4 Å². The van der Waals surface area contributed by atoms with Gasteiger partial charge in [-0.25, -0.2) is 4.98 Å². The molecule has 0 unspecified atom stereocenters. The fourth-order valence-electron chi connectivity index (χ4n) is 3.57. The Balaban J connectivity index is 1.88. The number of aliphatic hydroxyl groups excluding tert-OH is 1.